The van der Waals surface area contributed by atoms with Crippen LogP contribution in [0.2, 0.25) is 0 Å². The van der Waals surface area contributed by atoms with E-state index in [1.165, 1.54) is 25.9 Å². The molecule has 7 rings (SSSR count). The molecule has 2 radical (unpaired) electrons. The first kappa shape index (κ1) is 64.5. The Hall–Kier alpha value is -4.04. The van der Waals surface area contributed by atoms with Crippen LogP contribution in [0.25, 0.3) is 31.3 Å². The van der Waals surface area contributed by atoms with Crippen molar-refractivity contribution in [3.8, 4) is 0 Å². The quantitative estimate of drug-likeness (QED) is 0.0238. The molecular weight excluding hydrogens is 1100 g/mol. The second kappa shape index (κ2) is 31.2. The Bertz CT molecular complexity index is 2510. The number of aliphatic hydroxyl groups is 5. The van der Waals surface area contributed by atoms with Crippen LogP contribution in [0.5, 0.6) is 0 Å². The van der Waals surface area contributed by atoms with Gasteiger partial charge in [0, 0.05) is 4.91 Å². The minimum absolute atomic E-state index is 0.0862. The molecule has 0 aliphatic carbocycles. The molecule has 0 saturated carbocycles. The van der Waals surface area contributed by atoms with Crippen molar-refractivity contribution in [2.75, 3.05) is 19.8 Å². The van der Waals surface area contributed by atoms with Crippen LogP contribution in [0.1, 0.15) is 50.5 Å². The minimum atomic E-state index is -1.86. The molecule has 81 heavy (non-hydrogen) atoms. The van der Waals surface area contributed by atoms with Crippen LogP contribution >= 0.6 is 16.9 Å². The molecule has 0 aromatic heterocycles. The molecule has 5 aliphatic rings. The van der Waals surface area contributed by atoms with Crippen LogP contribution in [-0.4, -0.2) is 219 Å². The summed E-state index contributed by atoms with van der Waals surface area (Å²) in [4.78, 5) is 22.9. The van der Waals surface area contributed by atoms with E-state index in [1.807, 2.05) is 0 Å². The summed E-state index contributed by atoms with van der Waals surface area (Å²) in [7, 11) is 0.827. The Morgan fingerprint density at radius 1 is 0.556 bits per heavy atom. The van der Waals surface area contributed by atoms with E-state index < -0.39 is 172 Å². The molecule has 434 valence electrons. The van der Waals surface area contributed by atoms with Gasteiger partial charge in [-0.3, -0.25) is 0 Å². The van der Waals surface area contributed by atoms with E-state index in [2.05, 4.69) is 30.1 Å². The summed E-state index contributed by atoms with van der Waals surface area (Å²) in [5, 5.41) is 68.1. The topological polar surface area (TPSA) is 400 Å². The maximum absolute atomic E-state index is 13.9. The van der Waals surface area contributed by atoms with Crippen LogP contribution in [0.3, 0.4) is 0 Å². The van der Waals surface area contributed by atoms with E-state index in [0.717, 1.165) is 0 Å². The maximum atomic E-state index is 13.9. The molecule has 27 atom stereocenters. The van der Waals surface area contributed by atoms with Crippen molar-refractivity contribution in [3.05, 3.63) is 103 Å². The first-order valence-electron chi connectivity index (χ1n) is 26.3. The van der Waals surface area contributed by atoms with Crippen molar-refractivity contribution in [3.63, 3.8) is 0 Å². The molecule has 28 nitrogen and oxygen atoms in total. The average molecular weight is 1170 g/mol. The zero-order valence-corrected chi connectivity index (χ0v) is 46.8. The van der Waals surface area contributed by atoms with Crippen LogP contribution < -0.4 is 0 Å². The first-order chi connectivity index (χ1) is 39.2. The number of carbonyl (C=O) groups is 1. The van der Waals surface area contributed by atoms with Gasteiger partial charge in [-0.15, -0.1) is 0 Å². The molecule has 5 N–H and O–H groups in total. The van der Waals surface area contributed by atoms with Gasteiger partial charge in [0.2, 0.25) is 0 Å². The fourth-order valence-electron chi connectivity index (χ4n) is 10.9. The second-order valence-corrected chi connectivity index (χ2v) is 22.8. The van der Waals surface area contributed by atoms with E-state index in [0.29, 0.717) is 19.6 Å². The number of hydrogen-bond donors (Lipinski definition) is 5. The van der Waals surface area contributed by atoms with Crippen LogP contribution in [0.15, 0.2) is 76.0 Å². The average Bonchev–Trinajstić information content (AvgIpc) is 3.48. The van der Waals surface area contributed by atoms with E-state index in [4.69, 9.17) is 52.1 Å². The van der Waals surface area contributed by atoms with Gasteiger partial charge < -0.3 is 10.2 Å². The summed E-state index contributed by atoms with van der Waals surface area (Å²) in [6.45, 7) is 9.17. The van der Waals surface area contributed by atoms with Crippen LogP contribution in [0, 0.1) is 11.8 Å². The summed E-state index contributed by atoms with van der Waals surface area (Å²) in [6, 6.07) is 13.5. The summed E-state index contributed by atoms with van der Waals surface area (Å²) in [6.07, 6.45) is -23.4. The third-order valence-electron chi connectivity index (χ3n) is 15.1. The number of carbonyl (C=O) groups excluding carboxylic acids is 1. The van der Waals surface area contributed by atoms with Crippen molar-refractivity contribution in [2.24, 2.45) is 27.2 Å². The Balaban J connectivity index is 1.15. The van der Waals surface area contributed by atoms with E-state index >= 15 is 0 Å². The van der Waals surface area contributed by atoms with Gasteiger partial charge in [0.1, 0.15) is 6.10 Å². The molecule has 0 bridgehead atoms. The normalized spacial score (nSPS) is 39.8. The van der Waals surface area contributed by atoms with Gasteiger partial charge in [-0.2, -0.15) is 0 Å². The zero-order valence-electron chi connectivity index (χ0n) is 44.8. The first-order valence-corrected chi connectivity index (χ1v) is 28.7. The fourth-order valence-corrected chi connectivity index (χ4v) is 13.5. The number of hydrogen-bond acceptors (Lipinski definition) is 22. The molecule has 0 spiro atoms. The van der Waals surface area contributed by atoms with E-state index in [1.54, 1.807) is 83.1 Å². The van der Waals surface area contributed by atoms with Crippen LogP contribution in [-0.2, 0) is 68.1 Å². The Kier molecular flexibility index (Phi) is 24.9. The third kappa shape index (κ3) is 15.5. The molecule has 34 heteroatoms. The summed E-state index contributed by atoms with van der Waals surface area (Å²) in [5.41, 5.74) is 28.7. The molecule has 0 amide bonds. The van der Waals surface area contributed by atoms with Crippen molar-refractivity contribution < 1.29 is 91.8 Å². The molecule has 5 fully saturated rings. The summed E-state index contributed by atoms with van der Waals surface area (Å²) < 4.78 is 92.9. The number of azide groups is 3. The Morgan fingerprint density at radius 3 is 1.70 bits per heavy atom. The van der Waals surface area contributed by atoms with Gasteiger partial charge in [0.25, 0.3) is 0 Å². The Labute approximate surface area is 472 Å². The van der Waals surface area contributed by atoms with Crippen molar-refractivity contribution >= 4 is 50.7 Å². The number of benzene rings is 2. The fraction of sp³-hybridized carbons (Fsp3) is 0.723. The number of nitrogens with zero attached hydrogens (tertiary/aromatic N) is 9. The van der Waals surface area contributed by atoms with Gasteiger partial charge >= 0.3 is 381 Å². The van der Waals surface area contributed by atoms with Gasteiger partial charge in [-0.25, -0.2) is 0 Å². The van der Waals surface area contributed by atoms with Crippen LogP contribution in [0.4, 0.5) is 0 Å². The monoisotopic (exact) mass is 1170 g/mol. The van der Waals surface area contributed by atoms with Gasteiger partial charge in [0.15, 0.2) is 0 Å². The zero-order chi connectivity index (χ0) is 58.3. The predicted molar refractivity (Wildman–Crippen MR) is 289 cm³/mol. The Morgan fingerprint density at radius 2 is 1.07 bits per heavy atom. The molecule has 5 aliphatic heterocycles. The summed E-state index contributed by atoms with van der Waals surface area (Å²) in [5.74, 6) is -2.02. The third-order valence-corrected chi connectivity index (χ3v) is 18.1. The molecule has 2 aromatic carbocycles. The van der Waals surface area contributed by atoms with Gasteiger partial charge in [0.05, 0.1) is 12.7 Å². The molecule has 5 heterocycles. The number of rotatable bonds is 25. The number of ether oxygens (including phenoxy) is 11. The van der Waals surface area contributed by atoms with Gasteiger partial charge in [-0.1, -0.05) is 41.5 Å². The number of esters is 1. The van der Waals surface area contributed by atoms with E-state index in [-0.39, 0.29) is 35.0 Å². The SMILES string of the molecule is CC1O[C@@H](O[C@@H]2C(CO)O[C@@H](O[C@@H]3C(C)O[C@@H](O[C@@H]4C(CO)O[C@H](C)C(N=[N+]=[N-])[C@H]4P[B]B=O)C(O)[C@@H]3OCc3ccccc3)C(N=[N+]=[N-])[C@H]2O)C(OC(=O)c2ccccc2)[C@@H](C)[C@@H]1O[C@@H]1OC(CO)[C@@H](C)[C@H](P[B]B=O)C1N=[N+]=[N-]. The molecule has 2 aromatic rings. The molecule has 5 saturated heterocycles. The van der Waals surface area contributed by atoms with Crippen molar-refractivity contribution in [2.45, 2.75) is 181 Å². The van der Waals surface area contributed by atoms with E-state index in [9.17, 15) is 56.3 Å². The van der Waals surface area contributed by atoms with Crippen molar-refractivity contribution in [1.82, 2.24) is 0 Å². The standard InChI is InChI=1S/C47H65B4N9O19P2/c1-20-27(16-61)73-45(32(57-60-54)41(20)80-50-48-67)76-35-21(2)36(75-43(66)26-14-10-7-11-15-26)47(72-23(35)4)78-38-28(17-62)74-44(31(33(38)64)56-59-53)77-37-24(5)71-46(34(65)40(37)69-19-25-12-8-6-9-13-25)79-39-29(18-63)70-22(3)30(55-58-52)42(39)81-51-49-68/h6-15,20-24,27-42,44-47,61-65,80-81H,16-19H2,1-5H3/t20-,21+,22-,23?,24?,27?,28?,29?,30?,31?,32?,33-,34?,35+,36?,37-,38-,39-,40+,41+,42-,44+,45+,46+,47+/m1/s1. The predicted octanol–water partition coefficient (Wildman–Crippen LogP) is 2.33. The molecular formula is C47H65B4N9O19P2. The molecule has 12 unspecified atom stereocenters. The second-order valence-electron chi connectivity index (χ2n) is 20.1. The van der Waals surface area contributed by atoms with Gasteiger partial charge in [-0.05, 0) is 17.7 Å². The van der Waals surface area contributed by atoms with Crippen molar-refractivity contribution in [1.29, 1.82) is 0 Å². The summed E-state index contributed by atoms with van der Waals surface area (Å²) >= 11 is 0. The number of aliphatic hydroxyl groups excluding tert-OH is 5.